The van der Waals surface area contributed by atoms with E-state index in [4.69, 9.17) is 5.73 Å². The van der Waals surface area contributed by atoms with Gasteiger partial charge in [-0.2, -0.15) is 0 Å². The molecule has 1 aromatic rings. The van der Waals surface area contributed by atoms with Gasteiger partial charge in [0, 0.05) is 0 Å². The molecule has 0 saturated carbocycles. The lowest BCUT2D eigenvalue weighted by atomic mass is 9.98. The Labute approximate surface area is 119 Å². The molecular weight excluding hydrogens is 276 g/mol. The predicted molar refractivity (Wildman–Crippen MR) is 76.8 cm³/mol. The van der Waals surface area contributed by atoms with Crippen molar-refractivity contribution in [2.24, 2.45) is 11.7 Å². The second-order valence-electron chi connectivity index (χ2n) is 5.29. The maximum absolute atomic E-state index is 12.1. The third-order valence-corrected chi connectivity index (χ3v) is 5.71. The van der Waals surface area contributed by atoms with Gasteiger partial charge in [0.25, 0.3) is 0 Å². The molecule has 0 aromatic heterocycles. The number of nitrogens with two attached hydrogens (primary N) is 1. The van der Waals surface area contributed by atoms with Gasteiger partial charge in [-0.05, 0) is 17.5 Å². The minimum atomic E-state index is -3.31. The number of rotatable bonds is 4. The highest BCUT2D eigenvalue weighted by Gasteiger charge is 2.36. The van der Waals surface area contributed by atoms with E-state index in [1.54, 1.807) is 24.3 Å². The van der Waals surface area contributed by atoms with E-state index in [1.165, 1.54) is 0 Å². The van der Waals surface area contributed by atoms with Crippen LogP contribution in [0, 0.1) is 5.92 Å². The zero-order valence-corrected chi connectivity index (χ0v) is 12.5. The number of benzene rings is 1. The van der Waals surface area contributed by atoms with E-state index in [0.717, 1.165) is 6.42 Å². The van der Waals surface area contributed by atoms with Crippen LogP contribution >= 0.6 is 0 Å². The van der Waals surface area contributed by atoms with Crippen molar-refractivity contribution in [1.29, 1.82) is 0 Å². The standard InChI is InChI=1S/C14H20N2O3S/c1-3-9(2)13(15)14(17)16-11-8-20(18,19)12-7-5-4-6-10(11)12/h4-7,9,11,13H,3,8,15H2,1-2H3,(H,16,17). The van der Waals surface area contributed by atoms with Crippen LogP contribution in [0.25, 0.3) is 0 Å². The summed E-state index contributed by atoms with van der Waals surface area (Å²) in [4.78, 5) is 12.4. The molecule has 5 nitrogen and oxygen atoms in total. The van der Waals surface area contributed by atoms with E-state index in [0.29, 0.717) is 10.5 Å². The number of fused-ring (bicyclic) bond motifs is 1. The molecule has 1 aliphatic heterocycles. The van der Waals surface area contributed by atoms with Crippen molar-refractivity contribution >= 4 is 15.7 Å². The lowest BCUT2D eigenvalue weighted by molar-refractivity contribution is -0.124. The zero-order valence-electron chi connectivity index (χ0n) is 11.7. The summed E-state index contributed by atoms with van der Waals surface area (Å²) in [5, 5.41) is 2.76. The van der Waals surface area contributed by atoms with Gasteiger partial charge in [-0.1, -0.05) is 38.5 Å². The molecule has 0 saturated heterocycles. The quantitative estimate of drug-likeness (QED) is 0.867. The first kappa shape index (κ1) is 15.0. The number of carbonyl (C=O) groups excluding carboxylic acids is 1. The van der Waals surface area contributed by atoms with E-state index in [9.17, 15) is 13.2 Å². The average molecular weight is 296 g/mol. The fourth-order valence-corrected chi connectivity index (χ4v) is 4.09. The highest BCUT2D eigenvalue weighted by atomic mass is 32.2. The summed E-state index contributed by atoms with van der Waals surface area (Å²) in [6.07, 6.45) is 0.800. The van der Waals surface area contributed by atoms with Crippen LogP contribution in [-0.2, 0) is 14.6 Å². The average Bonchev–Trinajstić information content (AvgIpc) is 2.69. The molecule has 0 aliphatic carbocycles. The Bertz CT molecular complexity index is 613. The Morgan fingerprint density at radius 2 is 2.10 bits per heavy atom. The van der Waals surface area contributed by atoms with Gasteiger partial charge in [0.05, 0.1) is 22.7 Å². The molecule has 110 valence electrons. The summed E-state index contributed by atoms with van der Waals surface area (Å²) in [7, 11) is -3.31. The third-order valence-electron chi connectivity index (χ3n) is 3.89. The van der Waals surface area contributed by atoms with E-state index in [1.807, 2.05) is 13.8 Å². The van der Waals surface area contributed by atoms with Gasteiger partial charge in [-0.25, -0.2) is 8.42 Å². The zero-order chi connectivity index (χ0) is 14.9. The molecule has 2 rings (SSSR count). The first-order chi connectivity index (χ1) is 9.36. The summed E-state index contributed by atoms with van der Waals surface area (Å²) in [6.45, 7) is 3.87. The van der Waals surface area contributed by atoms with E-state index < -0.39 is 21.9 Å². The van der Waals surface area contributed by atoms with Crippen LogP contribution in [0.1, 0.15) is 31.9 Å². The molecule has 0 radical (unpaired) electrons. The lowest BCUT2D eigenvalue weighted by Crippen LogP contribution is -2.46. The minimum absolute atomic E-state index is 0.0586. The number of carbonyl (C=O) groups is 1. The lowest BCUT2D eigenvalue weighted by Gasteiger charge is -2.20. The Hall–Kier alpha value is -1.40. The van der Waals surface area contributed by atoms with Crippen LogP contribution in [0.4, 0.5) is 0 Å². The minimum Gasteiger partial charge on any atom is -0.347 e. The summed E-state index contributed by atoms with van der Waals surface area (Å²) < 4.78 is 24.0. The molecule has 1 amide bonds. The Morgan fingerprint density at radius 1 is 1.45 bits per heavy atom. The number of nitrogens with one attached hydrogen (secondary N) is 1. The first-order valence-corrected chi connectivity index (χ1v) is 8.39. The third kappa shape index (κ3) is 2.71. The SMILES string of the molecule is CCC(C)C(N)C(=O)NC1CS(=O)(=O)c2ccccc21. The fourth-order valence-electron chi connectivity index (χ4n) is 2.35. The molecule has 6 heteroatoms. The number of amides is 1. The number of hydrogen-bond acceptors (Lipinski definition) is 4. The van der Waals surface area contributed by atoms with Crippen LogP contribution in [-0.4, -0.2) is 26.1 Å². The van der Waals surface area contributed by atoms with Gasteiger partial charge in [0.1, 0.15) is 0 Å². The van der Waals surface area contributed by atoms with E-state index in [-0.39, 0.29) is 17.6 Å². The number of hydrogen-bond donors (Lipinski definition) is 2. The van der Waals surface area contributed by atoms with Crippen molar-refractivity contribution in [1.82, 2.24) is 5.32 Å². The topological polar surface area (TPSA) is 89.3 Å². The molecule has 1 aromatic carbocycles. The molecule has 0 bridgehead atoms. The van der Waals surface area contributed by atoms with Crippen molar-refractivity contribution in [3.05, 3.63) is 29.8 Å². The Kier molecular flexibility index (Phi) is 4.15. The molecule has 3 N–H and O–H groups in total. The summed E-state index contributed by atoms with van der Waals surface area (Å²) in [6, 6.07) is 5.65. The molecule has 3 atom stereocenters. The normalized spacial score (nSPS) is 22.9. The Balaban J connectivity index is 2.19. The molecular formula is C14H20N2O3S. The highest BCUT2D eigenvalue weighted by Crippen LogP contribution is 2.33. The van der Waals surface area contributed by atoms with Gasteiger partial charge in [0.2, 0.25) is 5.91 Å². The molecule has 20 heavy (non-hydrogen) atoms. The van der Waals surface area contributed by atoms with Crippen molar-refractivity contribution in [2.75, 3.05) is 5.75 Å². The predicted octanol–water partition coefficient (Wildman–Crippen LogP) is 1.00. The smallest absolute Gasteiger partial charge is 0.237 e. The van der Waals surface area contributed by atoms with E-state index in [2.05, 4.69) is 5.32 Å². The van der Waals surface area contributed by atoms with Crippen molar-refractivity contribution in [3.8, 4) is 0 Å². The van der Waals surface area contributed by atoms with Crippen molar-refractivity contribution in [3.63, 3.8) is 0 Å². The largest absolute Gasteiger partial charge is 0.347 e. The summed E-state index contributed by atoms with van der Waals surface area (Å²) in [5.41, 5.74) is 6.53. The molecule has 1 aliphatic rings. The van der Waals surface area contributed by atoms with Gasteiger partial charge >= 0.3 is 0 Å². The molecule has 0 fully saturated rings. The van der Waals surface area contributed by atoms with Crippen LogP contribution in [0.15, 0.2) is 29.2 Å². The van der Waals surface area contributed by atoms with Gasteiger partial charge in [-0.3, -0.25) is 4.79 Å². The van der Waals surface area contributed by atoms with Crippen LogP contribution in [0.5, 0.6) is 0 Å². The van der Waals surface area contributed by atoms with Crippen LogP contribution < -0.4 is 11.1 Å². The fraction of sp³-hybridized carbons (Fsp3) is 0.500. The van der Waals surface area contributed by atoms with E-state index >= 15 is 0 Å². The van der Waals surface area contributed by atoms with Crippen LogP contribution in [0.3, 0.4) is 0 Å². The van der Waals surface area contributed by atoms with Gasteiger partial charge in [-0.15, -0.1) is 0 Å². The Morgan fingerprint density at radius 3 is 2.75 bits per heavy atom. The maximum Gasteiger partial charge on any atom is 0.237 e. The highest BCUT2D eigenvalue weighted by molar-refractivity contribution is 7.91. The second kappa shape index (κ2) is 5.54. The molecule has 1 heterocycles. The van der Waals surface area contributed by atoms with Crippen molar-refractivity contribution < 1.29 is 13.2 Å². The monoisotopic (exact) mass is 296 g/mol. The second-order valence-corrected chi connectivity index (χ2v) is 7.29. The number of sulfone groups is 1. The summed E-state index contributed by atoms with van der Waals surface area (Å²) in [5.74, 6) is -0.329. The van der Waals surface area contributed by atoms with Crippen molar-refractivity contribution in [2.45, 2.75) is 37.2 Å². The molecule has 0 spiro atoms. The van der Waals surface area contributed by atoms with Gasteiger partial charge in [0.15, 0.2) is 9.84 Å². The first-order valence-electron chi connectivity index (χ1n) is 6.74. The summed E-state index contributed by atoms with van der Waals surface area (Å²) >= 11 is 0. The van der Waals surface area contributed by atoms with Crippen LogP contribution in [0.2, 0.25) is 0 Å². The van der Waals surface area contributed by atoms with Gasteiger partial charge < -0.3 is 11.1 Å². The maximum atomic E-state index is 12.1. The molecule has 3 unspecified atom stereocenters.